The maximum atomic E-state index is 12.7. The molecule has 0 unspecified atom stereocenters. The van der Waals surface area contributed by atoms with Crippen molar-refractivity contribution in [1.82, 2.24) is 15.1 Å². The van der Waals surface area contributed by atoms with Gasteiger partial charge in [-0.25, -0.2) is 0 Å². The molecule has 4 rings (SSSR count). The lowest BCUT2D eigenvalue weighted by atomic mass is 10.1. The summed E-state index contributed by atoms with van der Waals surface area (Å²) in [5.41, 5.74) is 3.35. The first-order chi connectivity index (χ1) is 13.3. The van der Waals surface area contributed by atoms with Crippen LogP contribution in [-0.4, -0.2) is 28.8 Å². The SMILES string of the molecule is O=C(Nc1ccccc1)c1nn(CCOc2ccccc2)c2c1CNCC2. The lowest BCUT2D eigenvalue weighted by Crippen LogP contribution is -2.26. The molecule has 0 spiro atoms. The molecule has 6 nitrogen and oxygen atoms in total. The minimum atomic E-state index is -0.177. The molecule has 2 heterocycles. The van der Waals surface area contributed by atoms with Crippen molar-refractivity contribution in [2.75, 3.05) is 18.5 Å². The van der Waals surface area contributed by atoms with Crippen molar-refractivity contribution < 1.29 is 9.53 Å². The van der Waals surface area contributed by atoms with Crippen LogP contribution >= 0.6 is 0 Å². The van der Waals surface area contributed by atoms with E-state index in [1.165, 1.54) is 0 Å². The molecule has 3 aromatic rings. The number of para-hydroxylation sites is 2. The smallest absolute Gasteiger partial charge is 0.276 e. The molecule has 138 valence electrons. The molecule has 0 atom stereocenters. The van der Waals surface area contributed by atoms with Crippen LogP contribution in [0.4, 0.5) is 5.69 Å². The molecule has 0 saturated heterocycles. The van der Waals surface area contributed by atoms with Crippen LogP contribution in [-0.2, 0) is 19.5 Å². The number of hydrogen-bond donors (Lipinski definition) is 2. The zero-order valence-electron chi connectivity index (χ0n) is 15.0. The molecule has 0 radical (unpaired) electrons. The zero-order valence-corrected chi connectivity index (χ0v) is 15.0. The number of nitrogens with one attached hydrogen (secondary N) is 2. The lowest BCUT2D eigenvalue weighted by Gasteiger charge is -2.15. The number of carbonyl (C=O) groups excluding carboxylic acids is 1. The van der Waals surface area contributed by atoms with E-state index >= 15 is 0 Å². The number of ether oxygens (including phenoxy) is 1. The zero-order chi connectivity index (χ0) is 18.5. The molecular weight excluding hydrogens is 340 g/mol. The lowest BCUT2D eigenvalue weighted by molar-refractivity contribution is 0.102. The first-order valence-corrected chi connectivity index (χ1v) is 9.15. The fourth-order valence-electron chi connectivity index (χ4n) is 3.27. The van der Waals surface area contributed by atoms with E-state index in [-0.39, 0.29) is 5.91 Å². The van der Waals surface area contributed by atoms with Gasteiger partial charge in [-0.15, -0.1) is 0 Å². The molecule has 27 heavy (non-hydrogen) atoms. The molecule has 0 fully saturated rings. The Labute approximate surface area is 158 Å². The third-order valence-electron chi connectivity index (χ3n) is 4.57. The van der Waals surface area contributed by atoms with E-state index in [1.54, 1.807) is 0 Å². The van der Waals surface area contributed by atoms with Crippen molar-refractivity contribution >= 4 is 11.6 Å². The van der Waals surface area contributed by atoms with Gasteiger partial charge in [0.25, 0.3) is 5.91 Å². The molecule has 2 N–H and O–H groups in total. The number of carbonyl (C=O) groups is 1. The van der Waals surface area contributed by atoms with Crippen molar-refractivity contribution in [3.8, 4) is 5.75 Å². The molecule has 6 heteroatoms. The van der Waals surface area contributed by atoms with Gasteiger partial charge in [-0.05, 0) is 24.3 Å². The molecule has 0 aliphatic carbocycles. The third kappa shape index (κ3) is 4.01. The summed E-state index contributed by atoms with van der Waals surface area (Å²) in [5, 5.41) is 10.9. The topological polar surface area (TPSA) is 68.2 Å². The van der Waals surface area contributed by atoms with E-state index in [1.807, 2.05) is 65.3 Å². The molecular formula is C21H22N4O2. The number of nitrogens with zero attached hydrogens (tertiary/aromatic N) is 2. The molecule has 0 saturated carbocycles. The van der Waals surface area contributed by atoms with Crippen molar-refractivity contribution in [1.29, 1.82) is 0 Å². The molecule has 0 bridgehead atoms. The minimum absolute atomic E-state index is 0.177. The van der Waals surface area contributed by atoms with Crippen molar-refractivity contribution in [2.45, 2.75) is 19.5 Å². The van der Waals surface area contributed by atoms with Crippen LogP contribution in [0.25, 0.3) is 0 Å². The van der Waals surface area contributed by atoms with Crippen molar-refractivity contribution in [3.05, 3.63) is 77.6 Å². The first-order valence-electron chi connectivity index (χ1n) is 9.15. The molecule has 1 aliphatic rings. The molecule has 1 aliphatic heterocycles. The summed E-state index contributed by atoms with van der Waals surface area (Å²) >= 11 is 0. The van der Waals surface area contributed by atoms with Crippen LogP contribution in [0.1, 0.15) is 21.7 Å². The van der Waals surface area contributed by atoms with E-state index in [0.29, 0.717) is 25.4 Å². The highest BCUT2D eigenvalue weighted by Crippen LogP contribution is 2.20. The predicted octanol–water partition coefficient (Wildman–Crippen LogP) is 2.86. The van der Waals surface area contributed by atoms with Gasteiger partial charge in [-0.1, -0.05) is 36.4 Å². The fraction of sp³-hybridized carbons (Fsp3) is 0.238. The summed E-state index contributed by atoms with van der Waals surface area (Å²) in [7, 11) is 0. The van der Waals surface area contributed by atoms with E-state index in [4.69, 9.17) is 4.74 Å². The minimum Gasteiger partial charge on any atom is -0.492 e. The Morgan fingerprint density at radius 3 is 2.63 bits per heavy atom. The second-order valence-electron chi connectivity index (χ2n) is 6.41. The van der Waals surface area contributed by atoms with E-state index in [2.05, 4.69) is 15.7 Å². The number of fused-ring (bicyclic) bond motifs is 1. The van der Waals surface area contributed by atoms with Gasteiger partial charge in [-0.2, -0.15) is 5.10 Å². The number of rotatable bonds is 6. The van der Waals surface area contributed by atoms with E-state index < -0.39 is 0 Å². The van der Waals surface area contributed by atoms with Crippen LogP contribution in [0.15, 0.2) is 60.7 Å². The van der Waals surface area contributed by atoms with Crippen LogP contribution in [0.2, 0.25) is 0 Å². The Bertz CT molecular complexity index is 907. The Balaban J connectivity index is 1.50. The normalized spacial score (nSPS) is 13.0. The van der Waals surface area contributed by atoms with Gasteiger partial charge in [0.2, 0.25) is 0 Å². The van der Waals surface area contributed by atoms with E-state index in [9.17, 15) is 4.79 Å². The van der Waals surface area contributed by atoms with Gasteiger partial charge >= 0.3 is 0 Å². The highest BCUT2D eigenvalue weighted by molar-refractivity contribution is 6.04. The van der Waals surface area contributed by atoms with Crippen LogP contribution in [0.5, 0.6) is 5.75 Å². The third-order valence-corrected chi connectivity index (χ3v) is 4.57. The quantitative estimate of drug-likeness (QED) is 0.708. The molecule has 2 aromatic carbocycles. The van der Waals surface area contributed by atoms with Crippen molar-refractivity contribution in [3.63, 3.8) is 0 Å². The number of amides is 1. The summed E-state index contributed by atoms with van der Waals surface area (Å²) in [6.07, 6.45) is 0.853. The van der Waals surface area contributed by atoms with Crippen LogP contribution < -0.4 is 15.4 Å². The van der Waals surface area contributed by atoms with Crippen molar-refractivity contribution in [2.24, 2.45) is 0 Å². The van der Waals surface area contributed by atoms with Gasteiger partial charge in [0.1, 0.15) is 12.4 Å². The Kier molecular flexibility index (Phi) is 5.16. The maximum absolute atomic E-state index is 12.7. The standard InChI is InChI=1S/C21H22N4O2/c26-21(23-16-7-3-1-4-8-16)20-18-15-22-12-11-19(18)25(24-20)13-14-27-17-9-5-2-6-10-17/h1-10,22H,11-15H2,(H,23,26). The summed E-state index contributed by atoms with van der Waals surface area (Å²) in [6, 6.07) is 19.2. The Morgan fingerprint density at radius 1 is 1.11 bits per heavy atom. The van der Waals surface area contributed by atoms with Gasteiger partial charge in [0.15, 0.2) is 5.69 Å². The fourth-order valence-corrected chi connectivity index (χ4v) is 3.27. The van der Waals surface area contributed by atoms with Crippen LogP contribution in [0, 0.1) is 0 Å². The first kappa shape index (κ1) is 17.3. The number of benzene rings is 2. The number of anilines is 1. The monoisotopic (exact) mass is 362 g/mol. The highest BCUT2D eigenvalue weighted by Gasteiger charge is 2.24. The summed E-state index contributed by atoms with van der Waals surface area (Å²) < 4.78 is 7.71. The summed E-state index contributed by atoms with van der Waals surface area (Å²) in [5.74, 6) is 0.658. The average molecular weight is 362 g/mol. The van der Waals surface area contributed by atoms with E-state index in [0.717, 1.165) is 35.7 Å². The Morgan fingerprint density at radius 2 is 1.85 bits per heavy atom. The predicted molar refractivity (Wildman–Crippen MR) is 104 cm³/mol. The molecule has 1 aromatic heterocycles. The number of aromatic nitrogens is 2. The van der Waals surface area contributed by atoms with Gasteiger partial charge in [0, 0.05) is 36.5 Å². The maximum Gasteiger partial charge on any atom is 0.276 e. The number of hydrogen-bond acceptors (Lipinski definition) is 4. The molecule has 1 amide bonds. The van der Waals surface area contributed by atoms with Gasteiger partial charge in [-0.3, -0.25) is 9.48 Å². The summed E-state index contributed by atoms with van der Waals surface area (Å²) in [6.45, 7) is 2.66. The van der Waals surface area contributed by atoms with Gasteiger partial charge in [0.05, 0.1) is 6.54 Å². The second-order valence-corrected chi connectivity index (χ2v) is 6.41. The highest BCUT2D eigenvalue weighted by atomic mass is 16.5. The largest absolute Gasteiger partial charge is 0.492 e. The average Bonchev–Trinajstić information content (AvgIpc) is 3.09. The second kappa shape index (κ2) is 8.05. The summed E-state index contributed by atoms with van der Waals surface area (Å²) in [4.78, 5) is 12.7. The van der Waals surface area contributed by atoms with Gasteiger partial charge < -0.3 is 15.4 Å². The van der Waals surface area contributed by atoms with Crippen LogP contribution in [0.3, 0.4) is 0 Å². The Hall–Kier alpha value is -3.12.